The molecule has 6 nitrogen and oxygen atoms in total. The second-order valence-corrected chi connectivity index (χ2v) is 5.21. The lowest BCUT2D eigenvalue weighted by molar-refractivity contribution is 0.181. The number of aliphatic imine (C=N–C) groups is 1. The van der Waals surface area contributed by atoms with Crippen LogP contribution in [0.25, 0.3) is 0 Å². The van der Waals surface area contributed by atoms with Gasteiger partial charge in [0.1, 0.15) is 0 Å². The summed E-state index contributed by atoms with van der Waals surface area (Å²) in [5, 5.41) is 7.59. The highest BCUT2D eigenvalue weighted by Crippen LogP contribution is 2.13. The van der Waals surface area contributed by atoms with Crippen LogP contribution in [0.4, 0.5) is 0 Å². The monoisotopic (exact) mass is 407 g/mol. The van der Waals surface area contributed by atoms with Crippen LogP contribution in [0.5, 0.6) is 0 Å². The molecule has 1 aromatic heterocycles. The number of ether oxygens (including phenoxy) is 1. The number of nitrogens with zero attached hydrogens (tertiary/aromatic N) is 4. The van der Waals surface area contributed by atoms with E-state index in [1.54, 1.807) is 0 Å². The Morgan fingerprint density at radius 1 is 1.57 bits per heavy atom. The van der Waals surface area contributed by atoms with Crippen LogP contribution >= 0.6 is 24.0 Å². The minimum absolute atomic E-state index is 0. The number of aromatic nitrogens is 2. The Morgan fingerprint density at radius 3 is 3.05 bits per heavy atom. The molecule has 1 fully saturated rings. The first-order chi connectivity index (χ1) is 9.79. The number of hydrogen-bond acceptors (Lipinski definition) is 3. The van der Waals surface area contributed by atoms with Gasteiger partial charge < -0.3 is 15.0 Å². The fraction of sp³-hybridized carbons (Fsp3) is 0.714. The third kappa shape index (κ3) is 6.21. The Bertz CT molecular complexity index is 404. The molecule has 0 radical (unpaired) electrons. The Balaban J connectivity index is 0.00000220. The molecule has 1 aromatic rings. The Labute approximate surface area is 144 Å². The maximum absolute atomic E-state index is 5.41. The van der Waals surface area contributed by atoms with Crippen LogP contribution in [0.3, 0.4) is 0 Å². The third-order valence-corrected chi connectivity index (χ3v) is 3.54. The van der Waals surface area contributed by atoms with Gasteiger partial charge in [-0.25, -0.2) is 0 Å². The van der Waals surface area contributed by atoms with Gasteiger partial charge >= 0.3 is 0 Å². The van der Waals surface area contributed by atoms with Gasteiger partial charge in [-0.3, -0.25) is 9.67 Å². The number of rotatable bonds is 6. The summed E-state index contributed by atoms with van der Waals surface area (Å²) in [5.74, 6) is 1.58. The van der Waals surface area contributed by atoms with Crippen LogP contribution in [-0.4, -0.2) is 61.0 Å². The molecule has 1 N–H and O–H groups in total. The third-order valence-electron chi connectivity index (χ3n) is 3.54. The molecule has 1 aliphatic rings. The van der Waals surface area contributed by atoms with Crippen molar-refractivity contribution in [2.45, 2.75) is 19.4 Å². The first-order valence-corrected chi connectivity index (χ1v) is 7.26. The summed E-state index contributed by atoms with van der Waals surface area (Å²) in [7, 11) is 3.92. The van der Waals surface area contributed by atoms with Crippen LogP contribution in [0.2, 0.25) is 0 Å². The number of halogens is 1. The van der Waals surface area contributed by atoms with Crippen LogP contribution in [0.1, 0.15) is 12.8 Å². The first kappa shape index (κ1) is 18.2. The normalized spacial score (nSPS) is 18.4. The summed E-state index contributed by atoms with van der Waals surface area (Å²) in [4.78, 5) is 6.52. The highest BCUT2D eigenvalue weighted by molar-refractivity contribution is 14.0. The second kappa shape index (κ2) is 9.99. The first-order valence-electron chi connectivity index (χ1n) is 7.26. The molecular weight excluding hydrogens is 381 g/mol. The molecule has 0 bridgehead atoms. The lowest BCUT2D eigenvalue weighted by atomic mass is 10.1. The zero-order valence-corrected chi connectivity index (χ0v) is 15.2. The van der Waals surface area contributed by atoms with Crippen molar-refractivity contribution in [1.29, 1.82) is 0 Å². The van der Waals surface area contributed by atoms with Crippen LogP contribution in [0, 0.1) is 5.92 Å². The van der Waals surface area contributed by atoms with Gasteiger partial charge in [-0.2, -0.15) is 5.10 Å². The number of aryl methyl sites for hydroxylation is 1. The summed E-state index contributed by atoms with van der Waals surface area (Å²) < 4.78 is 7.36. The van der Waals surface area contributed by atoms with E-state index in [-0.39, 0.29) is 24.0 Å². The van der Waals surface area contributed by atoms with E-state index >= 15 is 0 Å². The van der Waals surface area contributed by atoms with Crippen molar-refractivity contribution < 1.29 is 4.74 Å². The second-order valence-electron chi connectivity index (χ2n) is 5.21. The van der Waals surface area contributed by atoms with Crippen LogP contribution in [-0.2, 0) is 11.3 Å². The number of guanidine groups is 1. The van der Waals surface area contributed by atoms with E-state index < -0.39 is 0 Å². The Morgan fingerprint density at radius 2 is 2.43 bits per heavy atom. The molecule has 0 saturated carbocycles. The van der Waals surface area contributed by atoms with Crippen molar-refractivity contribution in [3.8, 4) is 0 Å². The Hall–Kier alpha value is -0.830. The molecule has 2 heterocycles. The number of nitrogens with one attached hydrogen (secondary N) is 1. The molecule has 120 valence electrons. The summed E-state index contributed by atoms with van der Waals surface area (Å²) in [6.45, 7) is 4.60. The van der Waals surface area contributed by atoms with E-state index in [2.05, 4.69) is 27.4 Å². The minimum atomic E-state index is 0. The topological polar surface area (TPSA) is 54.7 Å². The molecule has 21 heavy (non-hydrogen) atoms. The predicted octanol–water partition coefficient (Wildman–Crippen LogP) is 1.43. The zero-order chi connectivity index (χ0) is 14.2. The average Bonchev–Trinajstić information content (AvgIpc) is 3.11. The van der Waals surface area contributed by atoms with E-state index in [1.807, 2.05) is 30.2 Å². The SMILES string of the molecule is CN=C(NCCCn1cccn1)N(C)CC1CCOC1.I. The molecule has 2 rings (SSSR count). The van der Waals surface area contributed by atoms with Gasteiger partial charge in [-0.05, 0) is 18.9 Å². The van der Waals surface area contributed by atoms with Gasteiger partial charge in [0.05, 0.1) is 6.61 Å². The molecule has 7 heteroatoms. The maximum atomic E-state index is 5.41. The van der Waals surface area contributed by atoms with Crippen molar-refractivity contribution in [3.05, 3.63) is 18.5 Å². The zero-order valence-electron chi connectivity index (χ0n) is 12.9. The smallest absolute Gasteiger partial charge is 0.193 e. The van der Waals surface area contributed by atoms with E-state index in [1.165, 1.54) is 0 Å². The summed E-state index contributed by atoms with van der Waals surface area (Å²) in [6.07, 6.45) is 5.98. The van der Waals surface area contributed by atoms with Crippen molar-refractivity contribution in [2.24, 2.45) is 10.9 Å². The van der Waals surface area contributed by atoms with Crippen LogP contribution < -0.4 is 5.32 Å². The average molecular weight is 407 g/mol. The molecule has 0 aliphatic carbocycles. The van der Waals surface area contributed by atoms with Crippen LogP contribution in [0.15, 0.2) is 23.5 Å². The van der Waals surface area contributed by atoms with Crippen molar-refractivity contribution in [3.63, 3.8) is 0 Å². The van der Waals surface area contributed by atoms with Crippen molar-refractivity contribution in [2.75, 3.05) is 40.4 Å². The lowest BCUT2D eigenvalue weighted by Crippen LogP contribution is -2.41. The van der Waals surface area contributed by atoms with Gasteiger partial charge in [-0.15, -0.1) is 24.0 Å². The maximum Gasteiger partial charge on any atom is 0.193 e. The molecule has 0 amide bonds. The van der Waals surface area contributed by atoms with Crippen molar-refractivity contribution >= 4 is 29.9 Å². The van der Waals surface area contributed by atoms with Crippen molar-refractivity contribution in [1.82, 2.24) is 20.0 Å². The summed E-state index contributed by atoms with van der Waals surface area (Å²) in [6, 6.07) is 1.95. The van der Waals surface area contributed by atoms with Gasteiger partial charge in [0.15, 0.2) is 5.96 Å². The summed E-state index contributed by atoms with van der Waals surface area (Å²) >= 11 is 0. The predicted molar refractivity (Wildman–Crippen MR) is 95.2 cm³/mol. The standard InChI is InChI=1S/C14H25N5O.HI/c1-15-14(18(2)11-13-5-10-20-12-13)16-6-3-8-19-9-4-7-17-19;/h4,7,9,13H,3,5-6,8,10-12H2,1-2H3,(H,15,16);1H. The molecular formula is C14H26IN5O. The minimum Gasteiger partial charge on any atom is -0.381 e. The highest BCUT2D eigenvalue weighted by atomic mass is 127. The fourth-order valence-corrected chi connectivity index (χ4v) is 2.46. The Kier molecular flexibility index (Phi) is 8.67. The van der Waals surface area contributed by atoms with Gasteiger partial charge in [-0.1, -0.05) is 0 Å². The van der Waals surface area contributed by atoms with Gasteiger partial charge in [0.2, 0.25) is 0 Å². The van der Waals surface area contributed by atoms with E-state index in [0.717, 1.165) is 51.6 Å². The van der Waals surface area contributed by atoms with Gasteiger partial charge in [0, 0.05) is 58.6 Å². The van der Waals surface area contributed by atoms with Gasteiger partial charge in [0.25, 0.3) is 0 Å². The quantitative estimate of drug-likeness (QED) is 0.336. The largest absolute Gasteiger partial charge is 0.381 e. The highest BCUT2D eigenvalue weighted by Gasteiger charge is 2.18. The molecule has 0 spiro atoms. The lowest BCUT2D eigenvalue weighted by Gasteiger charge is -2.24. The van der Waals surface area contributed by atoms with E-state index in [4.69, 9.17) is 4.74 Å². The molecule has 1 aliphatic heterocycles. The number of hydrogen-bond donors (Lipinski definition) is 1. The molecule has 1 atom stereocenters. The molecule has 1 unspecified atom stereocenters. The molecule has 1 saturated heterocycles. The molecule has 0 aromatic carbocycles. The summed E-state index contributed by atoms with van der Waals surface area (Å²) in [5.41, 5.74) is 0. The fourth-order valence-electron chi connectivity index (χ4n) is 2.46. The van der Waals surface area contributed by atoms with E-state index in [0.29, 0.717) is 5.92 Å². The van der Waals surface area contributed by atoms with E-state index in [9.17, 15) is 0 Å².